The summed E-state index contributed by atoms with van der Waals surface area (Å²) in [4.78, 5) is 0. The molecule has 0 aliphatic rings. The van der Waals surface area contributed by atoms with Crippen LogP contribution in [-0.4, -0.2) is 9.96 Å². The second-order valence-corrected chi connectivity index (χ2v) is 3.67. The molecule has 0 saturated carbocycles. The summed E-state index contributed by atoms with van der Waals surface area (Å²) in [5.41, 5.74) is 0. The third-order valence-electron chi connectivity index (χ3n) is 1.45. The predicted molar refractivity (Wildman–Crippen MR) is 46.0 cm³/mol. The smallest absolute Gasteiger partial charge is 0.0887 e. The van der Waals surface area contributed by atoms with E-state index in [1.165, 1.54) is 25.7 Å². The lowest BCUT2D eigenvalue weighted by atomic mass is 10.2. The van der Waals surface area contributed by atoms with E-state index in [0.717, 1.165) is 6.42 Å². The highest BCUT2D eigenvalue weighted by molar-refractivity contribution is 7.82. The molecule has 0 aromatic carbocycles. The average molecular weight is 163 g/mol. The van der Waals surface area contributed by atoms with Crippen molar-refractivity contribution in [2.75, 3.05) is 5.75 Å². The van der Waals surface area contributed by atoms with Gasteiger partial charge in [-0.3, -0.25) is 5.14 Å². The maximum atomic E-state index is 10.4. The van der Waals surface area contributed by atoms with Gasteiger partial charge in [-0.2, -0.15) is 0 Å². The Bertz CT molecular complexity index is 95.6. The minimum atomic E-state index is -1.07. The van der Waals surface area contributed by atoms with Gasteiger partial charge in [0.1, 0.15) is 0 Å². The maximum absolute atomic E-state index is 10.4. The van der Waals surface area contributed by atoms with Crippen molar-refractivity contribution in [3.63, 3.8) is 0 Å². The van der Waals surface area contributed by atoms with Crippen molar-refractivity contribution in [3.8, 4) is 0 Å². The fraction of sp³-hybridized carbons (Fsp3) is 1.00. The van der Waals surface area contributed by atoms with Gasteiger partial charge in [0.25, 0.3) is 0 Å². The summed E-state index contributed by atoms with van der Waals surface area (Å²) in [6.45, 7) is 2.18. The quantitative estimate of drug-likeness (QED) is 0.593. The molecule has 0 bridgehead atoms. The van der Waals surface area contributed by atoms with Gasteiger partial charge in [-0.25, -0.2) is 4.21 Å². The molecule has 0 saturated heterocycles. The second-order valence-electron chi connectivity index (χ2n) is 2.50. The van der Waals surface area contributed by atoms with E-state index in [9.17, 15) is 4.21 Å². The van der Waals surface area contributed by atoms with E-state index in [1.54, 1.807) is 0 Å². The van der Waals surface area contributed by atoms with Gasteiger partial charge in [0, 0.05) is 5.75 Å². The number of hydrogen-bond donors (Lipinski definition) is 1. The molecule has 0 rings (SSSR count). The van der Waals surface area contributed by atoms with Crippen molar-refractivity contribution in [2.45, 2.75) is 39.0 Å². The molecule has 0 spiro atoms. The van der Waals surface area contributed by atoms with Gasteiger partial charge in [-0.05, 0) is 6.42 Å². The Hall–Kier alpha value is 0.110. The van der Waals surface area contributed by atoms with Crippen molar-refractivity contribution in [1.82, 2.24) is 0 Å². The van der Waals surface area contributed by atoms with Crippen molar-refractivity contribution < 1.29 is 4.21 Å². The van der Waals surface area contributed by atoms with E-state index in [0.29, 0.717) is 5.75 Å². The zero-order chi connectivity index (χ0) is 7.82. The standard InChI is InChI=1S/C7H17NOS/c1-2-3-4-5-6-7-10(8)9/h2-8H2,1H3. The SMILES string of the molecule is CCCCCCCS(N)=O. The summed E-state index contributed by atoms with van der Waals surface area (Å²) in [5.74, 6) is 0.670. The minimum absolute atomic E-state index is 0.670. The third-order valence-corrected chi connectivity index (χ3v) is 2.14. The van der Waals surface area contributed by atoms with Crippen LogP contribution >= 0.6 is 0 Å². The molecule has 0 aromatic rings. The highest BCUT2D eigenvalue weighted by Crippen LogP contribution is 2.01. The first-order valence-corrected chi connectivity index (χ1v) is 5.28. The molecule has 0 amide bonds. The number of nitrogens with two attached hydrogens (primary N) is 1. The maximum Gasteiger partial charge on any atom is 0.0887 e. The first-order valence-electron chi connectivity index (χ1n) is 3.90. The van der Waals surface area contributed by atoms with Gasteiger partial charge in [0.15, 0.2) is 0 Å². The summed E-state index contributed by atoms with van der Waals surface area (Å²) in [6, 6.07) is 0. The van der Waals surface area contributed by atoms with Crippen LogP contribution in [0.3, 0.4) is 0 Å². The summed E-state index contributed by atoms with van der Waals surface area (Å²) < 4.78 is 10.4. The van der Waals surface area contributed by atoms with Crippen molar-refractivity contribution in [2.24, 2.45) is 5.14 Å². The molecule has 3 heteroatoms. The number of unbranched alkanes of at least 4 members (excludes halogenated alkanes) is 4. The number of hydrogen-bond acceptors (Lipinski definition) is 1. The molecular formula is C7H17NOS. The lowest BCUT2D eigenvalue weighted by Gasteiger charge is -1.96. The molecule has 0 aromatic heterocycles. The lowest BCUT2D eigenvalue weighted by Crippen LogP contribution is -2.06. The van der Waals surface area contributed by atoms with Gasteiger partial charge >= 0.3 is 0 Å². The van der Waals surface area contributed by atoms with Gasteiger partial charge < -0.3 is 0 Å². The van der Waals surface area contributed by atoms with Crippen LogP contribution < -0.4 is 5.14 Å². The Labute approximate surface area is 65.8 Å². The molecule has 2 N–H and O–H groups in total. The Morgan fingerprint density at radius 1 is 1.20 bits per heavy atom. The average Bonchev–Trinajstić information content (AvgIpc) is 1.87. The largest absolute Gasteiger partial charge is 0.252 e. The highest BCUT2D eigenvalue weighted by atomic mass is 32.2. The van der Waals surface area contributed by atoms with Gasteiger partial charge in [-0.1, -0.05) is 32.6 Å². The number of rotatable bonds is 6. The van der Waals surface area contributed by atoms with E-state index in [-0.39, 0.29) is 0 Å². The van der Waals surface area contributed by atoms with Crippen LogP contribution in [0.15, 0.2) is 0 Å². The molecule has 0 aliphatic carbocycles. The summed E-state index contributed by atoms with van der Waals surface area (Å²) in [6.07, 6.45) is 6.00. The summed E-state index contributed by atoms with van der Waals surface area (Å²) in [5, 5.41) is 5.08. The first-order chi connectivity index (χ1) is 4.77. The monoisotopic (exact) mass is 163 g/mol. The normalized spacial score (nSPS) is 13.4. The lowest BCUT2D eigenvalue weighted by molar-refractivity contribution is 0.648. The molecule has 1 atom stereocenters. The zero-order valence-corrected chi connectivity index (χ0v) is 7.45. The Morgan fingerprint density at radius 3 is 2.30 bits per heavy atom. The molecule has 0 heterocycles. The molecule has 0 radical (unpaired) electrons. The van der Waals surface area contributed by atoms with Gasteiger partial charge in [-0.15, -0.1) is 0 Å². The molecule has 2 nitrogen and oxygen atoms in total. The van der Waals surface area contributed by atoms with Crippen molar-refractivity contribution in [3.05, 3.63) is 0 Å². The van der Waals surface area contributed by atoms with Crippen LogP contribution in [-0.2, 0) is 11.0 Å². The van der Waals surface area contributed by atoms with Gasteiger partial charge in [0.2, 0.25) is 0 Å². The highest BCUT2D eigenvalue weighted by Gasteiger charge is 1.91. The topological polar surface area (TPSA) is 43.1 Å². The molecule has 0 fully saturated rings. The minimum Gasteiger partial charge on any atom is -0.252 e. The fourth-order valence-electron chi connectivity index (χ4n) is 0.848. The molecule has 1 unspecified atom stereocenters. The van der Waals surface area contributed by atoms with Gasteiger partial charge in [0.05, 0.1) is 11.0 Å². The van der Waals surface area contributed by atoms with Crippen LogP contribution in [0.25, 0.3) is 0 Å². The molecule has 62 valence electrons. The second kappa shape index (κ2) is 7.22. The Balaban J connectivity index is 2.84. The Kier molecular flexibility index (Phi) is 7.30. The molecular weight excluding hydrogens is 146 g/mol. The van der Waals surface area contributed by atoms with Crippen LogP contribution in [0, 0.1) is 0 Å². The van der Waals surface area contributed by atoms with Crippen molar-refractivity contribution >= 4 is 11.0 Å². The Morgan fingerprint density at radius 2 is 1.80 bits per heavy atom. The van der Waals surface area contributed by atoms with Crippen LogP contribution in [0.1, 0.15) is 39.0 Å². The van der Waals surface area contributed by atoms with Crippen molar-refractivity contribution in [1.29, 1.82) is 0 Å². The predicted octanol–water partition coefficient (Wildman–Crippen LogP) is 1.58. The summed E-state index contributed by atoms with van der Waals surface area (Å²) >= 11 is 0. The van der Waals surface area contributed by atoms with E-state index >= 15 is 0 Å². The zero-order valence-electron chi connectivity index (χ0n) is 6.64. The van der Waals surface area contributed by atoms with E-state index < -0.39 is 11.0 Å². The fourth-order valence-corrected chi connectivity index (χ4v) is 1.34. The third kappa shape index (κ3) is 8.11. The summed E-state index contributed by atoms with van der Waals surface area (Å²) in [7, 11) is -1.07. The first kappa shape index (κ1) is 10.1. The molecule has 0 aliphatic heterocycles. The van der Waals surface area contributed by atoms with Crippen LogP contribution in [0.4, 0.5) is 0 Å². The van der Waals surface area contributed by atoms with Crippen LogP contribution in [0.2, 0.25) is 0 Å². The molecule has 10 heavy (non-hydrogen) atoms. The van der Waals surface area contributed by atoms with E-state index in [1.807, 2.05) is 0 Å². The van der Waals surface area contributed by atoms with E-state index in [4.69, 9.17) is 5.14 Å². The van der Waals surface area contributed by atoms with Crippen LogP contribution in [0.5, 0.6) is 0 Å². The van der Waals surface area contributed by atoms with E-state index in [2.05, 4.69) is 6.92 Å².